The Bertz CT molecular complexity index is 1000. The number of carbonyl (C=O) groups is 1. The fourth-order valence-electron chi connectivity index (χ4n) is 3.83. The lowest BCUT2D eigenvalue weighted by Gasteiger charge is -2.29. The van der Waals surface area contributed by atoms with E-state index in [0.29, 0.717) is 36.1 Å². The summed E-state index contributed by atoms with van der Waals surface area (Å²) in [6.45, 7) is 10.3. The fourth-order valence-corrected chi connectivity index (χ4v) is 5.66. The summed E-state index contributed by atoms with van der Waals surface area (Å²) < 4.78 is 29.5. The van der Waals surface area contributed by atoms with Crippen LogP contribution in [0.3, 0.4) is 0 Å². The molecule has 29 heavy (non-hydrogen) atoms. The zero-order chi connectivity index (χ0) is 21.3. The minimum Gasteiger partial charge on any atom is -0.324 e. The Kier molecular flexibility index (Phi) is 6.14. The highest BCUT2D eigenvalue weighted by Gasteiger charge is 2.34. The molecule has 8 heteroatoms. The highest BCUT2D eigenvalue weighted by Crippen LogP contribution is 2.29. The lowest BCUT2D eigenvalue weighted by Crippen LogP contribution is -2.38. The van der Waals surface area contributed by atoms with Gasteiger partial charge in [0.2, 0.25) is 15.9 Å². The number of aromatic nitrogens is 2. The Labute approximate surface area is 173 Å². The van der Waals surface area contributed by atoms with Crippen molar-refractivity contribution >= 4 is 21.6 Å². The van der Waals surface area contributed by atoms with E-state index in [1.807, 2.05) is 31.2 Å². The van der Waals surface area contributed by atoms with Crippen LogP contribution in [0.25, 0.3) is 0 Å². The van der Waals surface area contributed by atoms with Crippen LogP contribution in [0.4, 0.5) is 5.69 Å². The van der Waals surface area contributed by atoms with E-state index < -0.39 is 16.1 Å². The van der Waals surface area contributed by atoms with Crippen LogP contribution in [0.1, 0.15) is 49.7 Å². The van der Waals surface area contributed by atoms with Gasteiger partial charge in [-0.05, 0) is 64.2 Å². The number of aryl methyl sites for hydroxylation is 2. The van der Waals surface area contributed by atoms with Crippen molar-refractivity contribution in [2.45, 2.75) is 58.4 Å². The zero-order valence-electron chi connectivity index (χ0n) is 17.8. The van der Waals surface area contributed by atoms with Gasteiger partial charge in [-0.3, -0.25) is 9.48 Å². The van der Waals surface area contributed by atoms with Gasteiger partial charge < -0.3 is 5.32 Å². The van der Waals surface area contributed by atoms with Crippen molar-refractivity contribution in [2.24, 2.45) is 5.92 Å². The second kappa shape index (κ2) is 8.28. The molecule has 1 aliphatic heterocycles. The van der Waals surface area contributed by atoms with Crippen LogP contribution in [0.5, 0.6) is 0 Å². The molecule has 0 spiro atoms. The van der Waals surface area contributed by atoms with Gasteiger partial charge in [0.05, 0.1) is 11.4 Å². The van der Waals surface area contributed by atoms with Gasteiger partial charge in [0.1, 0.15) is 10.9 Å². The molecule has 0 unspecified atom stereocenters. The third kappa shape index (κ3) is 4.38. The third-order valence-electron chi connectivity index (χ3n) is 5.63. The zero-order valence-corrected chi connectivity index (χ0v) is 18.6. The largest absolute Gasteiger partial charge is 0.324 e. The molecule has 0 bridgehead atoms. The minimum absolute atomic E-state index is 0.224. The summed E-state index contributed by atoms with van der Waals surface area (Å²) in [6, 6.07) is 6.91. The number of hydrogen-bond acceptors (Lipinski definition) is 4. The average molecular weight is 419 g/mol. The van der Waals surface area contributed by atoms with Crippen molar-refractivity contribution < 1.29 is 13.2 Å². The van der Waals surface area contributed by atoms with Gasteiger partial charge in [0.15, 0.2) is 0 Å². The van der Waals surface area contributed by atoms with Crippen LogP contribution in [-0.4, -0.2) is 41.5 Å². The van der Waals surface area contributed by atoms with Gasteiger partial charge >= 0.3 is 0 Å². The summed E-state index contributed by atoms with van der Waals surface area (Å²) in [7, 11) is -3.63. The molecule has 1 aliphatic rings. The van der Waals surface area contributed by atoms with Crippen molar-refractivity contribution in [2.75, 3.05) is 18.4 Å². The molecule has 1 N–H and O–H groups in total. The topological polar surface area (TPSA) is 84.3 Å². The monoisotopic (exact) mass is 418 g/mol. The Balaban J connectivity index is 1.85. The summed E-state index contributed by atoms with van der Waals surface area (Å²) >= 11 is 0. The lowest BCUT2D eigenvalue weighted by molar-refractivity contribution is -0.119. The number of sulfonamides is 1. The van der Waals surface area contributed by atoms with E-state index in [9.17, 15) is 13.2 Å². The number of nitrogens with one attached hydrogen (secondary N) is 1. The molecule has 158 valence electrons. The van der Waals surface area contributed by atoms with Crippen molar-refractivity contribution in [3.05, 3.63) is 41.2 Å². The normalized spacial score (nSPS) is 17.3. The standard InChI is InChI=1S/C21H30N4O3S/c1-14-9-11-24(12-10-14)29(27,28)20-16(3)23-25(17(20)4)18(5)21(26)22-19-8-6-7-15(2)13-19/h6-8,13-14,18H,9-12H2,1-5H3,(H,22,26)/t18-/m0/s1. The van der Waals surface area contributed by atoms with E-state index in [4.69, 9.17) is 0 Å². The van der Waals surface area contributed by atoms with Crippen molar-refractivity contribution in [3.8, 4) is 0 Å². The number of piperidine rings is 1. The van der Waals surface area contributed by atoms with E-state index in [0.717, 1.165) is 18.4 Å². The van der Waals surface area contributed by atoms with Crippen molar-refractivity contribution in [1.82, 2.24) is 14.1 Å². The molecular weight excluding hydrogens is 388 g/mol. The first-order valence-corrected chi connectivity index (χ1v) is 11.5. The van der Waals surface area contributed by atoms with Gasteiger partial charge in [-0.25, -0.2) is 8.42 Å². The predicted octanol–water partition coefficient (Wildman–Crippen LogP) is 3.43. The van der Waals surface area contributed by atoms with E-state index in [2.05, 4.69) is 17.3 Å². The molecule has 0 aliphatic carbocycles. The molecule has 2 aromatic rings. The van der Waals surface area contributed by atoms with Crippen LogP contribution in [0.15, 0.2) is 29.2 Å². The number of benzene rings is 1. The molecule has 1 saturated heterocycles. The van der Waals surface area contributed by atoms with E-state index in [1.54, 1.807) is 25.1 Å². The Hall–Kier alpha value is -2.19. The van der Waals surface area contributed by atoms with Crippen LogP contribution in [-0.2, 0) is 14.8 Å². The van der Waals surface area contributed by atoms with E-state index in [1.165, 1.54) is 4.68 Å². The summed E-state index contributed by atoms with van der Waals surface area (Å²) in [5.41, 5.74) is 2.67. The number of nitrogens with zero attached hydrogens (tertiary/aromatic N) is 3. The molecule has 1 amide bonds. The smallest absolute Gasteiger partial charge is 0.248 e. The maximum Gasteiger partial charge on any atom is 0.248 e. The van der Waals surface area contributed by atoms with Crippen LogP contribution in [0.2, 0.25) is 0 Å². The first-order valence-electron chi connectivity index (χ1n) is 10.0. The number of amides is 1. The molecule has 3 rings (SSSR count). The quantitative estimate of drug-likeness (QED) is 0.806. The van der Waals surface area contributed by atoms with Crippen molar-refractivity contribution in [1.29, 1.82) is 0 Å². The molecule has 1 aromatic heterocycles. The first kappa shape index (κ1) is 21.5. The third-order valence-corrected chi connectivity index (χ3v) is 7.78. The van der Waals surface area contributed by atoms with Crippen LogP contribution >= 0.6 is 0 Å². The number of anilines is 1. The van der Waals surface area contributed by atoms with Crippen LogP contribution < -0.4 is 5.32 Å². The van der Waals surface area contributed by atoms with Gasteiger partial charge in [-0.1, -0.05) is 19.1 Å². The average Bonchev–Trinajstić information content (AvgIpc) is 2.96. The van der Waals surface area contributed by atoms with Crippen molar-refractivity contribution in [3.63, 3.8) is 0 Å². The Morgan fingerprint density at radius 2 is 1.86 bits per heavy atom. The van der Waals surface area contributed by atoms with Gasteiger partial charge in [-0.15, -0.1) is 0 Å². The van der Waals surface area contributed by atoms with Gasteiger partial charge in [0, 0.05) is 18.8 Å². The van der Waals surface area contributed by atoms with E-state index >= 15 is 0 Å². The molecule has 0 saturated carbocycles. The number of carbonyl (C=O) groups excluding carboxylic acids is 1. The lowest BCUT2D eigenvalue weighted by atomic mass is 10.0. The minimum atomic E-state index is -3.63. The summed E-state index contributed by atoms with van der Waals surface area (Å²) in [5, 5.41) is 7.30. The maximum absolute atomic E-state index is 13.2. The summed E-state index contributed by atoms with van der Waals surface area (Å²) in [5.74, 6) is 0.300. The molecule has 1 aromatic carbocycles. The molecule has 2 heterocycles. The number of hydrogen-bond donors (Lipinski definition) is 1. The Morgan fingerprint density at radius 3 is 2.48 bits per heavy atom. The fraction of sp³-hybridized carbons (Fsp3) is 0.524. The predicted molar refractivity (Wildman–Crippen MR) is 113 cm³/mol. The number of rotatable bonds is 5. The summed E-state index contributed by atoms with van der Waals surface area (Å²) in [4.78, 5) is 13.0. The highest BCUT2D eigenvalue weighted by molar-refractivity contribution is 7.89. The molecule has 1 fully saturated rings. The van der Waals surface area contributed by atoms with Gasteiger partial charge in [0.25, 0.3) is 0 Å². The molecule has 0 radical (unpaired) electrons. The SMILES string of the molecule is Cc1cccc(NC(=O)[C@H](C)n2nc(C)c(S(=O)(=O)N3CCC(C)CC3)c2C)c1. The second-order valence-electron chi connectivity index (χ2n) is 8.07. The summed E-state index contributed by atoms with van der Waals surface area (Å²) in [6.07, 6.45) is 1.72. The molecular formula is C21H30N4O3S. The first-order chi connectivity index (χ1) is 13.6. The van der Waals surface area contributed by atoms with Crippen LogP contribution in [0, 0.1) is 26.7 Å². The molecule has 7 nitrogen and oxygen atoms in total. The second-order valence-corrected chi connectivity index (χ2v) is 9.94. The van der Waals surface area contributed by atoms with E-state index in [-0.39, 0.29) is 10.8 Å². The van der Waals surface area contributed by atoms with Gasteiger partial charge in [-0.2, -0.15) is 9.40 Å². The Morgan fingerprint density at radius 1 is 1.21 bits per heavy atom. The maximum atomic E-state index is 13.2. The molecule has 1 atom stereocenters. The highest BCUT2D eigenvalue weighted by atomic mass is 32.2.